The Morgan fingerprint density at radius 2 is 1.84 bits per heavy atom. The molecule has 0 saturated carbocycles. The van der Waals surface area contributed by atoms with Gasteiger partial charge in [0.15, 0.2) is 19.8 Å². The maximum Gasteiger partial charge on any atom is 0.412 e. The fraction of sp³-hybridized carbons (Fsp3) is 0.367. The van der Waals surface area contributed by atoms with Gasteiger partial charge in [-0.2, -0.15) is 0 Å². The largest absolute Gasteiger partial charge is 0.506 e. The molecule has 4 N–H and O–H groups in total. The molecule has 3 aliphatic heterocycles. The zero-order valence-corrected chi connectivity index (χ0v) is 36.8. The highest BCUT2D eigenvalue weighted by atomic mass is 28.4. The number of nitrogens with zero attached hydrogens (tertiary/aromatic N) is 3. The third-order valence-electron chi connectivity index (χ3n) is 13.0. The minimum atomic E-state index is -2.22. The number of phenolic OH excluding ortho intramolecular Hbond substituents is 1. The number of aromatic hydroxyl groups is 1. The number of H-pyrrole nitrogens is 1. The number of amides is 1. The summed E-state index contributed by atoms with van der Waals surface area (Å²) in [5, 5.41) is 25.6. The second kappa shape index (κ2) is 17.4. The molecule has 3 fully saturated rings. The molecule has 6 aromatic rings. The molecule has 61 heavy (non-hydrogen) atoms. The molecular formula is C49H57N5O6Si. The summed E-state index contributed by atoms with van der Waals surface area (Å²) in [6, 6.07) is 28.9. The molecule has 2 aromatic heterocycles. The Bertz CT molecular complexity index is 2610. The molecule has 2 bridgehead atoms. The van der Waals surface area contributed by atoms with Crippen molar-refractivity contribution >= 4 is 48.2 Å². The number of aryl methyl sites for hydroxylation is 1. The first-order valence-corrected chi connectivity index (χ1v) is 24.4. The lowest BCUT2D eigenvalue weighted by Gasteiger charge is -2.48. The Morgan fingerprint density at radius 3 is 2.56 bits per heavy atom. The number of aromatic nitrogens is 2. The molecule has 318 valence electrons. The molecule has 5 heterocycles. The molecule has 2 atom stereocenters. The summed E-state index contributed by atoms with van der Waals surface area (Å²) < 4.78 is 13.2. The molecule has 3 saturated heterocycles. The van der Waals surface area contributed by atoms with Crippen LogP contribution < -0.4 is 15.8 Å². The molecular weight excluding hydrogens is 783 g/mol. The van der Waals surface area contributed by atoms with E-state index < -0.39 is 14.4 Å². The Hall–Kier alpha value is -5.53. The van der Waals surface area contributed by atoms with Gasteiger partial charge in [0.2, 0.25) is 5.56 Å². The van der Waals surface area contributed by atoms with Crippen molar-refractivity contribution in [2.75, 3.05) is 31.1 Å². The normalized spacial score (nSPS) is 18.6. The van der Waals surface area contributed by atoms with Gasteiger partial charge in [0.25, 0.3) is 0 Å². The number of pyridine rings is 1. The monoisotopic (exact) mass is 839 g/mol. The SMILES string of the molecule is CC(C)(C)[Si](C)(C)O[C@@H](CNCc1ccc2nc(CCC=Cc3ccc(-c4ccccc4)c(N(C(=O)O)C4CN5CCC4CC5)c3)oc2c1)c1ccc(O)c2[nH]c(=O)ccc12. The summed E-state index contributed by atoms with van der Waals surface area (Å²) in [6.45, 7) is 15.0. The highest BCUT2D eigenvalue weighted by Crippen LogP contribution is 2.42. The topological polar surface area (TPSA) is 144 Å². The molecule has 0 aliphatic carbocycles. The minimum Gasteiger partial charge on any atom is -0.506 e. The third-order valence-corrected chi connectivity index (χ3v) is 17.5. The van der Waals surface area contributed by atoms with Crippen LogP contribution in [-0.2, 0) is 17.4 Å². The van der Waals surface area contributed by atoms with Crippen LogP contribution >= 0.6 is 0 Å². The van der Waals surface area contributed by atoms with Crippen molar-refractivity contribution < 1.29 is 23.9 Å². The van der Waals surface area contributed by atoms with Crippen molar-refractivity contribution in [3.63, 3.8) is 0 Å². The van der Waals surface area contributed by atoms with Gasteiger partial charge in [-0.25, -0.2) is 9.78 Å². The van der Waals surface area contributed by atoms with Crippen LogP contribution in [0.1, 0.15) is 68.7 Å². The number of oxazole rings is 1. The zero-order valence-electron chi connectivity index (χ0n) is 35.8. The predicted molar refractivity (Wildman–Crippen MR) is 246 cm³/mol. The molecule has 3 aliphatic rings. The summed E-state index contributed by atoms with van der Waals surface area (Å²) in [6.07, 6.45) is 6.31. The summed E-state index contributed by atoms with van der Waals surface area (Å²) in [5.74, 6) is 1.04. The Kier molecular flexibility index (Phi) is 12.1. The van der Waals surface area contributed by atoms with Crippen LogP contribution in [0.2, 0.25) is 18.1 Å². The average Bonchev–Trinajstić information content (AvgIpc) is 3.65. The van der Waals surface area contributed by atoms with Crippen molar-refractivity contribution in [2.45, 2.75) is 83.3 Å². The number of aromatic amines is 1. The summed E-state index contributed by atoms with van der Waals surface area (Å²) in [7, 11) is -2.22. The van der Waals surface area contributed by atoms with Gasteiger partial charge in [0.05, 0.1) is 23.3 Å². The first kappa shape index (κ1) is 42.2. The fourth-order valence-corrected chi connectivity index (χ4v) is 9.93. The lowest BCUT2D eigenvalue weighted by molar-refractivity contribution is 0.0838. The molecule has 12 heteroatoms. The number of carboxylic acid groups (broad SMARTS) is 1. The van der Waals surface area contributed by atoms with E-state index >= 15 is 0 Å². The van der Waals surface area contributed by atoms with Crippen LogP contribution in [0.5, 0.6) is 5.75 Å². The van der Waals surface area contributed by atoms with Gasteiger partial charge in [-0.1, -0.05) is 87.5 Å². The standard InChI is InChI=1S/C49H57N5O6Si/c1-49(2,3)61(4,5)60-44(37-18-21-42(55)47-38(37)19-22-45(56)52-47)30-50-29-33-16-20-39-43(28-33)59-46(51-39)14-10-9-11-32-15-17-36(34-12-7-6-8-13-34)40(27-32)54(48(57)58)41-31-53-25-23-35(41)24-26-53/h6-9,11-13,15-22,27-28,35,41,44,50,55H,10,14,23-26,29-31H2,1-5H3,(H,52,56)(H,57,58)/t41?,44-/m0/s1. The van der Waals surface area contributed by atoms with Crippen molar-refractivity contribution in [2.24, 2.45) is 5.92 Å². The number of hydrogen-bond donors (Lipinski definition) is 4. The van der Waals surface area contributed by atoms with Gasteiger partial charge in [0.1, 0.15) is 11.3 Å². The van der Waals surface area contributed by atoms with E-state index in [-0.39, 0.29) is 28.5 Å². The number of phenols is 1. The molecule has 1 amide bonds. The van der Waals surface area contributed by atoms with E-state index in [2.05, 4.69) is 79.4 Å². The summed E-state index contributed by atoms with van der Waals surface area (Å²) in [5.41, 5.74) is 7.20. The van der Waals surface area contributed by atoms with Crippen molar-refractivity contribution in [1.82, 2.24) is 20.2 Å². The van der Waals surface area contributed by atoms with Gasteiger partial charge < -0.3 is 34.3 Å². The van der Waals surface area contributed by atoms with Gasteiger partial charge in [-0.3, -0.25) is 9.69 Å². The van der Waals surface area contributed by atoms with Crippen molar-refractivity contribution in [3.8, 4) is 16.9 Å². The van der Waals surface area contributed by atoms with Crippen molar-refractivity contribution in [1.29, 1.82) is 0 Å². The molecule has 4 aromatic carbocycles. The molecule has 1 unspecified atom stereocenters. The van der Waals surface area contributed by atoms with Gasteiger partial charge in [-0.05, 0) is 109 Å². The first-order valence-electron chi connectivity index (χ1n) is 21.5. The number of allylic oxidation sites excluding steroid dienone is 1. The van der Waals surface area contributed by atoms with Crippen LogP contribution in [0.3, 0.4) is 0 Å². The third kappa shape index (κ3) is 9.23. The lowest BCUT2D eigenvalue weighted by atomic mass is 9.82. The van der Waals surface area contributed by atoms with E-state index in [9.17, 15) is 19.8 Å². The number of fused-ring (bicyclic) bond motifs is 5. The van der Waals surface area contributed by atoms with Gasteiger partial charge >= 0.3 is 6.09 Å². The number of piperidine rings is 3. The number of carbonyl (C=O) groups is 1. The summed E-state index contributed by atoms with van der Waals surface area (Å²) >= 11 is 0. The quantitative estimate of drug-likeness (QED) is 0.0788. The number of hydrogen-bond acceptors (Lipinski definition) is 8. The maximum absolute atomic E-state index is 13.0. The number of benzene rings is 4. The molecule has 11 nitrogen and oxygen atoms in total. The van der Waals surface area contributed by atoms with Gasteiger partial charge in [-0.15, -0.1) is 0 Å². The van der Waals surface area contributed by atoms with Crippen molar-refractivity contribution in [3.05, 3.63) is 130 Å². The summed E-state index contributed by atoms with van der Waals surface area (Å²) in [4.78, 5) is 36.7. The Labute approximate surface area is 358 Å². The van der Waals surface area contributed by atoms with Crippen LogP contribution in [0.15, 0.2) is 106 Å². The predicted octanol–water partition coefficient (Wildman–Crippen LogP) is 10.1. The van der Waals surface area contributed by atoms with Gasteiger partial charge in [0, 0.05) is 43.1 Å². The van der Waals surface area contributed by atoms with Crippen LogP contribution in [-0.4, -0.2) is 71.7 Å². The molecule has 0 spiro atoms. The number of anilines is 1. The minimum absolute atomic E-state index is 0.0225. The van der Waals surface area contributed by atoms with E-state index in [0.29, 0.717) is 43.3 Å². The maximum atomic E-state index is 13.0. The van der Waals surface area contributed by atoms with E-state index in [0.717, 1.165) is 82.5 Å². The highest BCUT2D eigenvalue weighted by Gasteiger charge is 2.41. The van der Waals surface area contributed by atoms with Crippen LogP contribution in [0.25, 0.3) is 39.2 Å². The van der Waals surface area contributed by atoms with E-state index in [1.807, 2.05) is 54.6 Å². The smallest absolute Gasteiger partial charge is 0.412 e. The second-order valence-electron chi connectivity index (χ2n) is 18.1. The lowest BCUT2D eigenvalue weighted by Crippen LogP contribution is -2.59. The zero-order chi connectivity index (χ0) is 42.9. The fourth-order valence-electron chi connectivity index (χ4n) is 8.66. The van der Waals surface area contributed by atoms with Crippen LogP contribution in [0.4, 0.5) is 10.5 Å². The van der Waals surface area contributed by atoms with Crippen LogP contribution in [0, 0.1) is 5.92 Å². The highest BCUT2D eigenvalue weighted by molar-refractivity contribution is 6.74. The Balaban J connectivity index is 0.946. The van der Waals surface area contributed by atoms with E-state index in [4.69, 9.17) is 13.8 Å². The average molecular weight is 840 g/mol. The first-order chi connectivity index (χ1) is 29.2. The van der Waals surface area contributed by atoms with E-state index in [1.54, 1.807) is 17.0 Å². The number of nitrogens with one attached hydrogen (secondary N) is 2. The number of rotatable bonds is 14. The second-order valence-corrected chi connectivity index (χ2v) is 22.9. The Morgan fingerprint density at radius 1 is 1.05 bits per heavy atom. The van der Waals surface area contributed by atoms with E-state index in [1.165, 1.54) is 6.07 Å². The molecule has 9 rings (SSSR count). The molecule has 0 radical (unpaired) electrons.